The van der Waals surface area contributed by atoms with Gasteiger partial charge in [-0.1, -0.05) is 6.07 Å². The van der Waals surface area contributed by atoms with E-state index < -0.39 is 23.7 Å². The monoisotopic (exact) mass is 501 g/mol. The van der Waals surface area contributed by atoms with Crippen LogP contribution in [-0.4, -0.2) is 56.9 Å². The van der Waals surface area contributed by atoms with Crippen LogP contribution in [0.25, 0.3) is 0 Å². The Bertz CT molecular complexity index is 729. The highest BCUT2D eigenvalue weighted by Crippen LogP contribution is 2.27. The fourth-order valence-corrected chi connectivity index (χ4v) is 3.34. The van der Waals surface area contributed by atoms with Crippen LogP contribution in [0, 0.1) is 0 Å². The van der Waals surface area contributed by atoms with E-state index in [1.165, 1.54) is 7.11 Å². The van der Waals surface area contributed by atoms with Gasteiger partial charge < -0.3 is 29.0 Å². The van der Waals surface area contributed by atoms with Crippen LogP contribution in [0.5, 0.6) is 5.75 Å². The van der Waals surface area contributed by atoms with E-state index in [9.17, 15) is 9.59 Å². The molecule has 1 amide bonds. The van der Waals surface area contributed by atoms with Gasteiger partial charge in [-0.15, -0.1) is 0 Å². The third-order valence-electron chi connectivity index (χ3n) is 4.39. The Morgan fingerprint density at radius 3 is 2.68 bits per heavy atom. The molecule has 0 bridgehead atoms. The Morgan fingerprint density at radius 2 is 2.03 bits per heavy atom. The first-order valence-electron chi connectivity index (χ1n) is 10.4. The number of hydrogen-bond donors (Lipinski definition) is 1. The molecule has 174 valence electrons. The van der Waals surface area contributed by atoms with Crippen LogP contribution in [0.15, 0.2) is 22.7 Å². The maximum absolute atomic E-state index is 12.2. The fourth-order valence-electron chi connectivity index (χ4n) is 2.98. The molecule has 0 spiro atoms. The number of halogens is 1. The number of carbonyl (C=O) groups is 2. The highest BCUT2D eigenvalue weighted by Gasteiger charge is 2.25. The molecule has 1 aliphatic heterocycles. The standard InChI is InChI=1S/C22H32BrNO7/c1-22(2,3)31-21(26)24-17(20(25)27-4)13-15-8-9-16(23)18(14-15)28-11-12-30-19-7-5-6-10-29-19/h8-9,14,17,19H,5-7,10-13H2,1-4H3,(H,24,26)/t17-,19?/m0/s1. The molecule has 1 unspecified atom stereocenters. The predicted molar refractivity (Wildman–Crippen MR) is 118 cm³/mol. The van der Waals surface area contributed by atoms with Crippen LogP contribution in [-0.2, 0) is 30.2 Å². The summed E-state index contributed by atoms with van der Waals surface area (Å²) in [5.41, 5.74) is 0.120. The van der Waals surface area contributed by atoms with Gasteiger partial charge in [-0.25, -0.2) is 9.59 Å². The van der Waals surface area contributed by atoms with Crippen LogP contribution in [0.2, 0.25) is 0 Å². The highest BCUT2D eigenvalue weighted by molar-refractivity contribution is 9.10. The summed E-state index contributed by atoms with van der Waals surface area (Å²) in [5.74, 6) is 0.0590. The van der Waals surface area contributed by atoms with Crippen LogP contribution in [0.4, 0.5) is 4.79 Å². The van der Waals surface area contributed by atoms with Gasteiger partial charge in [0.2, 0.25) is 0 Å². The van der Waals surface area contributed by atoms with Gasteiger partial charge in [-0.3, -0.25) is 0 Å². The zero-order valence-corrected chi connectivity index (χ0v) is 20.2. The average Bonchev–Trinajstić information content (AvgIpc) is 2.71. The molecule has 1 aromatic carbocycles. The van der Waals surface area contributed by atoms with Crippen LogP contribution in [0.1, 0.15) is 45.6 Å². The molecular weight excluding hydrogens is 470 g/mol. The Morgan fingerprint density at radius 1 is 1.26 bits per heavy atom. The molecular formula is C22H32BrNO7. The molecule has 0 aromatic heterocycles. The summed E-state index contributed by atoms with van der Waals surface area (Å²) in [7, 11) is 1.28. The van der Waals surface area contributed by atoms with Crippen LogP contribution < -0.4 is 10.1 Å². The number of alkyl carbamates (subject to hydrolysis) is 1. The smallest absolute Gasteiger partial charge is 0.408 e. The molecule has 2 atom stereocenters. The van der Waals surface area contributed by atoms with Crippen LogP contribution in [0.3, 0.4) is 0 Å². The van der Waals surface area contributed by atoms with E-state index in [-0.39, 0.29) is 12.7 Å². The van der Waals surface area contributed by atoms with Gasteiger partial charge >= 0.3 is 12.1 Å². The minimum atomic E-state index is -0.888. The number of benzene rings is 1. The van der Waals surface area contributed by atoms with E-state index in [4.69, 9.17) is 23.7 Å². The summed E-state index contributed by atoms with van der Waals surface area (Å²) >= 11 is 3.47. The Hall–Kier alpha value is -1.84. The first kappa shape index (κ1) is 25.4. The first-order chi connectivity index (χ1) is 14.7. The molecule has 1 fully saturated rings. The number of rotatable bonds is 9. The van der Waals surface area contributed by atoms with Crippen molar-refractivity contribution < 1.29 is 33.3 Å². The molecule has 8 nitrogen and oxygen atoms in total. The second-order valence-corrected chi connectivity index (χ2v) is 9.06. The zero-order chi connectivity index (χ0) is 22.9. The van der Waals surface area contributed by atoms with E-state index >= 15 is 0 Å². The van der Waals surface area contributed by atoms with Crippen molar-refractivity contribution in [3.05, 3.63) is 28.2 Å². The van der Waals surface area contributed by atoms with Gasteiger partial charge in [-0.05, 0) is 73.7 Å². The molecule has 1 heterocycles. The van der Waals surface area contributed by atoms with Crippen molar-refractivity contribution in [2.24, 2.45) is 0 Å². The summed E-state index contributed by atoms with van der Waals surface area (Å²) < 4.78 is 27.9. The van der Waals surface area contributed by atoms with E-state index in [0.717, 1.165) is 35.9 Å². The van der Waals surface area contributed by atoms with E-state index in [2.05, 4.69) is 21.2 Å². The van der Waals surface area contributed by atoms with Gasteiger partial charge in [0, 0.05) is 13.0 Å². The summed E-state index contributed by atoms with van der Waals surface area (Å²) in [6, 6.07) is 4.60. The molecule has 1 N–H and O–H groups in total. The quantitative estimate of drug-likeness (QED) is 0.404. The molecule has 31 heavy (non-hydrogen) atoms. The number of esters is 1. The number of ether oxygens (including phenoxy) is 5. The Labute approximate surface area is 192 Å². The summed E-state index contributed by atoms with van der Waals surface area (Å²) in [4.78, 5) is 24.3. The largest absolute Gasteiger partial charge is 0.490 e. The maximum atomic E-state index is 12.2. The number of nitrogens with one attached hydrogen (secondary N) is 1. The highest BCUT2D eigenvalue weighted by atomic mass is 79.9. The third kappa shape index (κ3) is 9.45. The normalized spacial score (nSPS) is 17.5. The van der Waals surface area contributed by atoms with Gasteiger partial charge in [-0.2, -0.15) is 0 Å². The Balaban J connectivity index is 1.93. The van der Waals surface area contributed by atoms with Crippen molar-refractivity contribution in [2.45, 2.75) is 64.4 Å². The van der Waals surface area contributed by atoms with Gasteiger partial charge in [0.1, 0.15) is 24.0 Å². The molecule has 1 aromatic rings. The minimum absolute atomic E-state index is 0.160. The van der Waals surface area contributed by atoms with Crippen molar-refractivity contribution in [3.8, 4) is 5.75 Å². The lowest BCUT2D eigenvalue weighted by molar-refractivity contribution is -0.165. The van der Waals surface area contributed by atoms with Crippen molar-refractivity contribution >= 4 is 28.0 Å². The molecule has 0 aliphatic carbocycles. The maximum Gasteiger partial charge on any atom is 0.408 e. The van der Waals surface area contributed by atoms with Crippen molar-refractivity contribution in [1.29, 1.82) is 0 Å². The molecule has 1 aliphatic rings. The minimum Gasteiger partial charge on any atom is -0.490 e. The Kier molecular flexibility index (Phi) is 10.1. The van der Waals surface area contributed by atoms with Crippen molar-refractivity contribution in [1.82, 2.24) is 5.32 Å². The van der Waals surface area contributed by atoms with Crippen LogP contribution >= 0.6 is 15.9 Å². The number of carbonyl (C=O) groups excluding carboxylic acids is 2. The van der Waals surface area contributed by atoms with Crippen molar-refractivity contribution in [2.75, 3.05) is 26.9 Å². The number of hydrogen-bond acceptors (Lipinski definition) is 7. The lowest BCUT2D eigenvalue weighted by atomic mass is 10.1. The zero-order valence-electron chi connectivity index (χ0n) is 18.6. The molecule has 1 saturated heterocycles. The average molecular weight is 502 g/mol. The van der Waals surface area contributed by atoms with E-state index in [1.807, 2.05) is 18.2 Å². The second-order valence-electron chi connectivity index (χ2n) is 8.21. The fraction of sp³-hybridized carbons (Fsp3) is 0.636. The molecule has 9 heteroatoms. The summed E-state index contributed by atoms with van der Waals surface area (Å²) in [6.45, 7) is 6.76. The second kappa shape index (κ2) is 12.3. The first-order valence-corrected chi connectivity index (χ1v) is 11.2. The van der Waals surface area contributed by atoms with E-state index in [0.29, 0.717) is 19.0 Å². The molecule has 0 saturated carbocycles. The lowest BCUT2D eigenvalue weighted by Crippen LogP contribution is -2.45. The predicted octanol–water partition coefficient (Wildman–Crippen LogP) is 3.98. The van der Waals surface area contributed by atoms with E-state index in [1.54, 1.807) is 20.8 Å². The third-order valence-corrected chi connectivity index (χ3v) is 5.05. The summed E-state index contributed by atoms with van der Waals surface area (Å²) in [6.07, 6.45) is 2.47. The number of methoxy groups -OCH3 is 1. The molecule has 0 radical (unpaired) electrons. The summed E-state index contributed by atoms with van der Waals surface area (Å²) in [5, 5.41) is 2.57. The SMILES string of the molecule is COC(=O)[C@H](Cc1ccc(Br)c(OCCOC2CCCCO2)c1)NC(=O)OC(C)(C)C. The van der Waals surface area contributed by atoms with Gasteiger partial charge in [0.25, 0.3) is 0 Å². The molecule has 2 rings (SSSR count). The van der Waals surface area contributed by atoms with Crippen molar-refractivity contribution in [3.63, 3.8) is 0 Å². The van der Waals surface area contributed by atoms with Gasteiger partial charge in [0.05, 0.1) is 18.2 Å². The lowest BCUT2D eigenvalue weighted by Gasteiger charge is -2.23. The van der Waals surface area contributed by atoms with Gasteiger partial charge in [0.15, 0.2) is 6.29 Å². The topological polar surface area (TPSA) is 92.3 Å². The number of amides is 1.